The highest BCUT2D eigenvalue weighted by Gasteiger charge is 2.04. The van der Waals surface area contributed by atoms with E-state index in [0.29, 0.717) is 0 Å². The molecule has 0 saturated carbocycles. The summed E-state index contributed by atoms with van der Waals surface area (Å²) in [5.41, 5.74) is 2.68. The number of methoxy groups -OCH3 is 2. The van der Waals surface area contributed by atoms with Crippen LogP contribution in [0, 0.1) is 0 Å². The van der Waals surface area contributed by atoms with Gasteiger partial charge in [-0.05, 0) is 75.1 Å². The van der Waals surface area contributed by atoms with Crippen LogP contribution in [0.5, 0.6) is 11.5 Å². The molecule has 0 atom stereocenters. The second-order valence-electron chi connectivity index (χ2n) is 7.09. The number of benzene rings is 2. The van der Waals surface area contributed by atoms with Crippen LogP contribution in [0.1, 0.15) is 36.8 Å². The fourth-order valence-electron chi connectivity index (χ4n) is 3.25. The summed E-state index contributed by atoms with van der Waals surface area (Å²) in [5, 5.41) is 7.09. The predicted octanol–water partition coefficient (Wildman–Crippen LogP) is 5.07. The van der Waals surface area contributed by atoms with Gasteiger partial charge in [0.1, 0.15) is 0 Å². The number of rotatable bonds is 15. The summed E-state index contributed by atoms with van der Waals surface area (Å²) in [6.45, 7) is 4.28. The molecule has 0 spiro atoms. The summed E-state index contributed by atoms with van der Waals surface area (Å²) in [4.78, 5) is 0. The minimum atomic E-state index is 0. The maximum atomic E-state index is 5.36. The van der Waals surface area contributed by atoms with Crippen LogP contribution in [0.25, 0.3) is 0 Å². The molecule has 0 aliphatic rings. The Morgan fingerprint density at radius 2 is 1.17 bits per heavy atom. The van der Waals surface area contributed by atoms with Crippen LogP contribution in [0.3, 0.4) is 0 Å². The Hall–Kier alpha value is -1.46. The van der Waals surface area contributed by atoms with Crippen molar-refractivity contribution in [3.05, 3.63) is 59.7 Å². The standard InChI is InChI=1S/C24H36N2O2.2ClH/c1-27-23-13-12-22(20-24(23)28-2)15-19-26-17-9-4-3-8-16-25-18-14-21-10-6-5-7-11-21;;/h5-7,10-13,20,25-26H,3-4,8-9,14-19H2,1-2H3;2*1H. The summed E-state index contributed by atoms with van der Waals surface area (Å²) < 4.78 is 10.6. The molecular formula is C24H38Cl2N2O2. The van der Waals surface area contributed by atoms with E-state index in [0.717, 1.165) is 50.5 Å². The highest BCUT2D eigenvalue weighted by atomic mass is 35.5. The quantitative estimate of drug-likeness (QED) is 0.367. The number of nitrogens with one attached hydrogen (secondary N) is 2. The molecule has 0 aromatic heterocycles. The molecule has 2 N–H and O–H groups in total. The van der Waals surface area contributed by atoms with Gasteiger partial charge in [0.15, 0.2) is 11.5 Å². The second kappa shape index (κ2) is 18.3. The van der Waals surface area contributed by atoms with E-state index in [1.165, 1.54) is 36.8 Å². The smallest absolute Gasteiger partial charge is 0.160 e. The Morgan fingerprint density at radius 1 is 0.600 bits per heavy atom. The number of halogens is 2. The zero-order valence-corrected chi connectivity index (χ0v) is 20.0. The minimum absolute atomic E-state index is 0. The van der Waals surface area contributed by atoms with E-state index >= 15 is 0 Å². The molecular weight excluding hydrogens is 419 g/mol. The van der Waals surface area contributed by atoms with Gasteiger partial charge in [-0.2, -0.15) is 0 Å². The maximum absolute atomic E-state index is 5.36. The van der Waals surface area contributed by atoms with Crippen LogP contribution in [0.2, 0.25) is 0 Å². The van der Waals surface area contributed by atoms with Gasteiger partial charge in [0.2, 0.25) is 0 Å². The van der Waals surface area contributed by atoms with Gasteiger partial charge in [-0.3, -0.25) is 0 Å². The number of ether oxygens (including phenoxy) is 2. The van der Waals surface area contributed by atoms with Crippen LogP contribution < -0.4 is 20.1 Å². The molecule has 2 aromatic rings. The van der Waals surface area contributed by atoms with Crippen molar-refractivity contribution in [2.45, 2.75) is 38.5 Å². The molecule has 2 rings (SSSR count). The molecule has 4 nitrogen and oxygen atoms in total. The third-order valence-corrected chi connectivity index (χ3v) is 4.93. The fraction of sp³-hybridized carbons (Fsp3) is 0.500. The molecule has 0 heterocycles. The van der Waals surface area contributed by atoms with Crippen molar-refractivity contribution in [2.24, 2.45) is 0 Å². The lowest BCUT2D eigenvalue weighted by molar-refractivity contribution is 0.354. The molecule has 0 aliphatic heterocycles. The maximum Gasteiger partial charge on any atom is 0.160 e. The normalized spacial score (nSPS) is 10.1. The molecule has 6 heteroatoms. The van der Waals surface area contributed by atoms with Crippen molar-refractivity contribution in [1.82, 2.24) is 10.6 Å². The van der Waals surface area contributed by atoms with Gasteiger partial charge >= 0.3 is 0 Å². The van der Waals surface area contributed by atoms with Crippen molar-refractivity contribution in [1.29, 1.82) is 0 Å². The minimum Gasteiger partial charge on any atom is -0.493 e. The fourth-order valence-corrected chi connectivity index (χ4v) is 3.25. The molecule has 0 fully saturated rings. The molecule has 0 saturated heterocycles. The van der Waals surface area contributed by atoms with Gasteiger partial charge in [0, 0.05) is 0 Å². The van der Waals surface area contributed by atoms with E-state index in [1.54, 1.807) is 14.2 Å². The van der Waals surface area contributed by atoms with Gasteiger partial charge < -0.3 is 20.1 Å². The Kier molecular flexibility index (Phi) is 17.4. The van der Waals surface area contributed by atoms with Crippen LogP contribution in [-0.2, 0) is 12.8 Å². The largest absolute Gasteiger partial charge is 0.493 e. The third-order valence-electron chi connectivity index (χ3n) is 4.93. The summed E-state index contributed by atoms with van der Waals surface area (Å²) in [6, 6.07) is 16.8. The number of unbranched alkanes of at least 4 members (excludes halogenated alkanes) is 3. The Morgan fingerprint density at radius 3 is 1.73 bits per heavy atom. The van der Waals surface area contributed by atoms with E-state index in [-0.39, 0.29) is 24.8 Å². The van der Waals surface area contributed by atoms with E-state index in [9.17, 15) is 0 Å². The monoisotopic (exact) mass is 456 g/mol. The highest BCUT2D eigenvalue weighted by molar-refractivity contribution is 5.85. The molecule has 0 unspecified atom stereocenters. The molecule has 2 aromatic carbocycles. The summed E-state index contributed by atoms with van der Waals surface area (Å²) in [5.74, 6) is 1.59. The SMILES string of the molecule is COc1ccc(CCNCCCCCCNCCc2ccccc2)cc1OC.Cl.Cl. The van der Waals surface area contributed by atoms with Gasteiger partial charge in [0.05, 0.1) is 14.2 Å². The lowest BCUT2D eigenvalue weighted by atomic mass is 10.1. The Bertz CT molecular complexity index is 657. The topological polar surface area (TPSA) is 42.5 Å². The first kappa shape index (κ1) is 28.5. The van der Waals surface area contributed by atoms with Crippen molar-refractivity contribution in [2.75, 3.05) is 40.4 Å². The van der Waals surface area contributed by atoms with Crippen molar-refractivity contribution in [3.8, 4) is 11.5 Å². The summed E-state index contributed by atoms with van der Waals surface area (Å²) >= 11 is 0. The first-order chi connectivity index (χ1) is 13.8. The predicted molar refractivity (Wildman–Crippen MR) is 132 cm³/mol. The van der Waals surface area contributed by atoms with Gasteiger partial charge in [-0.1, -0.05) is 49.2 Å². The number of hydrogen-bond donors (Lipinski definition) is 2. The zero-order chi connectivity index (χ0) is 19.9. The van der Waals surface area contributed by atoms with Crippen LogP contribution in [-0.4, -0.2) is 40.4 Å². The summed E-state index contributed by atoms with van der Waals surface area (Å²) in [6.07, 6.45) is 7.23. The molecule has 30 heavy (non-hydrogen) atoms. The van der Waals surface area contributed by atoms with Gasteiger partial charge in [-0.25, -0.2) is 0 Å². The molecule has 170 valence electrons. The van der Waals surface area contributed by atoms with E-state index in [4.69, 9.17) is 9.47 Å². The first-order valence-corrected chi connectivity index (χ1v) is 10.5. The average Bonchev–Trinajstić information content (AvgIpc) is 2.75. The van der Waals surface area contributed by atoms with Crippen LogP contribution in [0.4, 0.5) is 0 Å². The number of hydrogen-bond acceptors (Lipinski definition) is 4. The lowest BCUT2D eigenvalue weighted by Crippen LogP contribution is -2.19. The Labute approximate surface area is 195 Å². The zero-order valence-electron chi connectivity index (χ0n) is 18.3. The third kappa shape index (κ3) is 11.7. The van der Waals surface area contributed by atoms with E-state index in [1.807, 2.05) is 6.07 Å². The van der Waals surface area contributed by atoms with Crippen LogP contribution in [0.15, 0.2) is 48.5 Å². The molecule has 0 amide bonds. The van der Waals surface area contributed by atoms with Gasteiger partial charge in [0.25, 0.3) is 0 Å². The summed E-state index contributed by atoms with van der Waals surface area (Å²) in [7, 11) is 3.35. The average molecular weight is 457 g/mol. The Balaban J connectivity index is 0.00000420. The second-order valence-corrected chi connectivity index (χ2v) is 7.09. The lowest BCUT2D eigenvalue weighted by Gasteiger charge is -2.10. The van der Waals surface area contributed by atoms with E-state index in [2.05, 4.69) is 53.1 Å². The highest BCUT2D eigenvalue weighted by Crippen LogP contribution is 2.27. The molecule has 0 radical (unpaired) electrons. The molecule has 0 bridgehead atoms. The van der Waals surface area contributed by atoms with Crippen LogP contribution >= 0.6 is 24.8 Å². The van der Waals surface area contributed by atoms with Gasteiger partial charge in [-0.15, -0.1) is 24.8 Å². The van der Waals surface area contributed by atoms with Crippen molar-refractivity contribution < 1.29 is 9.47 Å². The van der Waals surface area contributed by atoms with Crippen molar-refractivity contribution >= 4 is 24.8 Å². The van der Waals surface area contributed by atoms with Crippen molar-refractivity contribution in [3.63, 3.8) is 0 Å². The molecule has 0 aliphatic carbocycles. The first-order valence-electron chi connectivity index (χ1n) is 10.5. The van der Waals surface area contributed by atoms with E-state index < -0.39 is 0 Å².